The van der Waals surface area contributed by atoms with Gasteiger partial charge >= 0.3 is 0 Å². The van der Waals surface area contributed by atoms with Gasteiger partial charge in [0, 0.05) is 31.8 Å². The van der Waals surface area contributed by atoms with Gasteiger partial charge in [0.25, 0.3) is 0 Å². The normalized spacial score (nSPS) is 12.2. The van der Waals surface area contributed by atoms with Crippen LogP contribution in [-0.2, 0) is 22.6 Å². The van der Waals surface area contributed by atoms with Crippen molar-refractivity contribution in [3.63, 3.8) is 0 Å². The largest absolute Gasteiger partial charge is 0.370 e. The lowest BCUT2D eigenvalue weighted by atomic mass is 10.2. The minimum absolute atomic E-state index is 0.211. The molecule has 0 unspecified atom stereocenters. The summed E-state index contributed by atoms with van der Waals surface area (Å²) >= 11 is 1.30. The highest BCUT2D eigenvalue weighted by atomic mass is 32.2. The van der Waals surface area contributed by atoms with Gasteiger partial charge in [-0.1, -0.05) is 25.6 Å². The summed E-state index contributed by atoms with van der Waals surface area (Å²) in [4.78, 5) is 31.4. The topological polar surface area (TPSA) is 129 Å². The lowest BCUT2D eigenvalue weighted by molar-refractivity contribution is -0.118. The fourth-order valence-corrected chi connectivity index (χ4v) is 3.04. The molecule has 26 heavy (non-hydrogen) atoms. The van der Waals surface area contributed by atoms with E-state index in [0.717, 1.165) is 0 Å². The summed E-state index contributed by atoms with van der Waals surface area (Å²) in [6.45, 7) is 6.63. The zero-order valence-electron chi connectivity index (χ0n) is 15.0. The molecule has 0 spiro atoms. The Bertz CT molecular complexity index is 748. The van der Waals surface area contributed by atoms with Gasteiger partial charge in [0.15, 0.2) is 5.16 Å². The first-order valence-electron chi connectivity index (χ1n) is 8.31. The minimum atomic E-state index is -0.419. The number of nitrogens with one attached hydrogen (secondary N) is 1. The molecule has 0 radical (unpaired) electrons. The number of hydrogen-bond acceptors (Lipinski definition) is 7. The lowest BCUT2D eigenvalue weighted by Crippen LogP contribution is -2.24. The Hall–Kier alpha value is -2.49. The van der Waals surface area contributed by atoms with Crippen molar-refractivity contribution in [2.75, 3.05) is 5.32 Å². The maximum atomic E-state index is 12.3. The number of aryl methyl sites for hydroxylation is 1. The van der Waals surface area contributed by atoms with Crippen LogP contribution >= 0.6 is 11.8 Å². The highest BCUT2D eigenvalue weighted by Crippen LogP contribution is 2.24. The Morgan fingerprint density at radius 3 is 2.54 bits per heavy atom. The minimum Gasteiger partial charge on any atom is -0.370 e. The first-order valence-corrected chi connectivity index (χ1v) is 9.19. The molecule has 2 amide bonds. The van der Waals surface area contributed by atoms with Crippen LogP contribution in [-0.4, -0.2) is 41.8 Å². The summed E-state index contributed by atoms with van der Waals surface area (Å²) < 4.78 is 1.95. The Balaban J connectivity index is 2.08. The number of nitrogens with two attached hydrogens (primary N) is 1. The predicted octanol–water partition coefficient (Wildman–Crippen LogP) is 1.26. The van der Waals surface area contributed by atoms with Gasteiger partial charge in [-0.25, -0.2) is 9.97 Å². The average molecular weight is 377 g/mol. The molecular formula is C16H23N7O2S. The van der Waals surface area contributed by atoms with Gasteiger partial charge in [-0.15, -0.1) is 10.2 Å². The second kappa shape index (κ2) is 9.27. The van der Waals surface area contributed by atoms with Crippen LogP contribution in [0.2, 0.25) is 0 Å². The smallest absolute Gasteiger partial charge is 0.240 e. The van der Waals surface area contributed by atoms with Crippen molar-refractivity contribution in [2.24, 2.45) is 11.7 Å². The molecule has 140 valence electrons. The first-order chi connectivity index (χ1) is 12.4. The summed E-state index contributed by atoms with van der Waals surface area (Å²) in [5, 5.41) is 11.2. The number of hydrogen-bond donors (Lipinski definition) is 2. The third-order valence-corrected chi connectivity index (χ3v) is 4.47. The second-order valence-corrected chi connectivity index (χ2v) is 7.50. The molecule has 2 heterocycles. The van der Waals surface area contributed by atoms with E-state index in [-0.39, 0.29) is 24.2 Å². The highest BCUT2D eigenvalue weighted by molar-refractivity contribution is 8.00. The molecule has 0 aliphatic rings. The number of carbonyl (C=O) groups is 2. The molecule has 9 nitrogen and oxygen atoms in total. The van der Waals surface area contributed by atoms with E-state index < -0.39 is 5.25 Å². The molecule has 2 rings (SSSR count). The fraction of sp³-hybridized carbons (Fsp3) is 0.500. The van der Waals surface area contributed by atoms with E-state index in [9.17, 15) is 9.59 Å². The summed E-state index contributed by atoms with van der Waals surface area (Å²) in [5.41, 5.74) is 5.23. The Labute approximate surface area is 156 Å². The standard InChI is InChI=1S/C16H23N7O2S/c1-10(2)9-23-13(6-5-12(17)24)21-22-16(23)26-11(3)14(25)20-15-18-7-4-8-19-15/h4,7-8,10-11H,5-6,9H2,1-3H3,(H2,17,24)(H,18,19,20,25)/t11-/m1/s1. The first kappa shape index (κ1) is 19.8. The van der Waals surface area contributed by atoms with Gasteiger partial charge in [-0.3, -0.25) is 14.9 Å². The van der Waals surface area contributed by atoms with Crippen molar-refractivity contribution >= 4 is 29.5 Å². The van der Waals surface area contributed by atoms with Gasteiger partial charge in [-0.2, -0.15) is 0 Å². The number of amides is 2. The van der Waals surface area contributed by atoms with Gasteiger partial charge in [-0.05, 0) is 18.9 Å². The maximum Gasteiger partial charge on any atom is 0.240 e. The Morgan fingerprint density at radius 1 is 1.23 bits per heavy atom. The van der Waals surface area contributed by atoms with E-state index >= 15 is 0 Å². The van der Waals surface area contributed by atoms with Crippen LogP contribution in [0.15, 0.2) is 23.6 Å². The number of aromatic nitrogens is 5. The van der Waals surface area contributed by atoms with Gasteiger partial charge in [0.05, 0.1) is 5.25 Å². The molecule has 3 N–H and O–H groups in total. The monoisotopic (exact) mass is 377 g/mol. The van der Waals surface area contributed by atoms with E-state index in [1.54, 1.807) is 25.4 Å². The quantitative estimate of drug-likeness (QED) is 0.629. The van der Waals surface area contributed by atoms with Crippen molar-refractivity contribution in [3.8, 4) is 0 Å². The van der Waals surface area contributed by atoms with Crippen molar-refractivity contribution in [2.45, 2.75) is 50.6 Å². The molecule has 0 saturated carbocycles. The molecule has 2 aromatic heterocycles. The number of rotatable bonds is 9. The summed E-state index contributed by atoms with van der Waals surface area (Å²) in [6.07, 6.45) is 3.76. The number of thioether (sulfide) groups is 1. The molecule has 10 heteroatoms. The lowest BCUT2D eigenvalue weighted by Gasteiger charge is -2.14. The zero-order valence-corrected chi connectivity index (χ0v) is 15.9. The highest BCUT2D eigenvalue weighted by Gasteiger charge is 2.21. The van der Waals surface area contributed by atoms with Crippen LogP contribution < -0.4 is 11.1 Å². The average Bonchev–Trinajstić information content (AvgIpc) is 2.95. The molecule has 0 saturated heterocycles. The van der Waals surface area contributed by atoms with Crippen LogP contribution in [0.3, 0.4) is 0 Å². The second-order valence-electron chi connectivity index (χ2n) is 6.19. The van der Waals surface area contributed by atoms with E-state index in [1.165, 1.54) is 11.8 Å². The zero-order chi connectivity index (χ0) is 19.1. The van der Waals surface area contributed by atoms with E-state index in [2.05, 4.69) is 39.3 Å². The van der Waals surface area contributed by atoms with Crippen molar-refractivity contribution in [3.05, 3.63) is 24.3 Å². The van der Waals surface area contributed by atoms with Crippen LogP contribution in [0.4, 0.5) is 5.95 Å². The van der Waals surface area contributed by atoms with Crippen molar-refractivity contribution in [1.82, 2.24) is 24.7 Å². The van der Waals surface area contributed by atoms with Crippen LogP contribution in [0.5, 0.6) is 0 Å². The van der Waals surface area contributed by atoms with Crippen molar-refractivity contribution < 1.29 is 9.59 Å². The van der Waals surface area contributed by atoms with Crippen LogP contribution in [0, 0.1) is 5.92 Å². The van der Waals surface area contributed by atoms with Crippen LogP contribution in [0.25, 0.3) is 0 Å². The summed E-state index contributed by atoms with van der Waals surface area (Å²) in [7, 11) is 0. The number of anilines is 1. The molecule has 2 aromatic rings. The van der Waals surface area contributed by atoms with Crippen molar-refractivity contribution in [1.29, 1.82) is 0 Å². The molecule has 0 aromatic carbocycles. The number of carbonyl (C=O) groups excluding carboxylic acids is 2. The third kappa shape index (κ3) is 5.80. The summed E-state index contributed by atoms with van der Waals surface area (Å²) in [5.74, 6) is 0.710. The fourth-order valence-electron chi connectivity index (χ4n) is 2.16. The van der Waals surface area contributed by atoms with Crippen LogP contribution in [0.1, 0.15) is 33.0 Å². The third-order valence-electron chi connectivity index (χ3n) is 3.39. The molecule has 1 atom stereocenters. The van der Waals surface area contributed by atoms with E-state index in [0.29, 0.717) is 29.9 Å². The SMILES string of the molecule is CC(C)Cn1c(CCC(N)=O)nnc1S[C@H](C)C(=O)Nc1ncccn1. The summed E-state index contributed by atoms with van der Waals surface area (Å²) in [6, 6.07) is 1.68. The molecule has 0 bridgehead atoms. The van der Waals surface area contributed by atoms with Gasteiger partial charge < -0.3 is 10.3 Å². The number of primary amides is 1. The Kier molecular flexibility index (Phi) is 7.07. The Morgan fingerprint density at radius 2 is 1.92 bits per heavy atom. The number of nitrogens with zero attached hydrogens (tertiary/aromatic N) is 5. The molecule has 0 aliphatic carbocycles. The van der Waals surface area contributed by atoms with Gasteiger partial charge in [0.2, 0.25) is 17.8 Å². The van der Waals surface area contributed by atoms with E-state index in [1.807, 2.05) is 4.57 Å². The molecule has 0 fully saturated rings. The molecule has 0 aliphatic heterocycles. The predicted molar refractivity (Wildman–Crippen MR) is 98.4 cm³/mol. The van der Waals surface area contributed by atoms with E-state index in [4.69, 9.17) is 5.73 Å². The molecular weight excluding hydrogens is 354 g/mol. The van der Waals surface area contributed by atoms with Gasteiger partial charge in [0.1, 0.15) is 5.82 Å². The maximum absolute atomic E-state index is 12.3.